The van der Waals surface area contributed by atoms with Gasteiger partial charge in [0.15, 0.2) is 0 Å². The van der Waals surface area contributed by atoms with Crippen molar-refractivity contribution < 1.29 is 0 Å². The highest BCUT2D eigenvalue weighted by Crippen LogP contribution is 2.58. The minimum atomic E-state index is -1.34. The van der Waals surface area contributed by atoms with Crippen LogP contribution in [0.25, 0.3) is 0 Å². The number of hydrogen-bond donors (Lipinski definition) is 0. The molecule has 6 heteroatoms. The lowest BCUT2D eigenvalue weighted by atomic mass is 9.74. The summed E-state index contributed by atoms with van der Waals surface area (Å²) >= 11 is 14.2. The number of halogens is 2. The third kappa shape index (κ3) is 4.88. The van der Waals surface area contributed by atoms with E-state index in [4.69, 9.17) is 38.2 Å². The Balaban J connectivity index is 1.53. The van der Waals surface area contributed by atoms with E-state index in [0.717, 1.165) is 39.1 Å². The molecule has 2 aliphatic heterocycles. The monoisotopic (exact) mass is 660 g/mol. The number of hydrogen-bond acceptors (Lipinski definition) is 4. The summed E-state index contributed by atoms with van der Waals surface area (Å²) in [5.41, 5.74) is 5.39. The topological polar surface area (TPSA) is 40.3 Å². The lowest BCUT2D eigenvalue weighted by molar-refractivity contribution is 0.123. The zero-order chi connectivity index (χ0) is 32.6. The molecule has 0 bridgehead atoms. The van der Waals surface area contributed by atoms with E-state index in [2.05, 4.69) is 77.7 Å². The Labute approximate surface area is 290 Å². The van der Waals surface area contributed by atoms with Gasteiger partial charge in [-0.15, -0.1) is 0 Å². The van der Waals surface area contributed by atoms with Crippen molar-refractivity contribution in [2.75, 3.05) is 0 Å². The van der Waals surface area contributed by atoms with Gasteiger partial charge in [-0.2, -0.15) is 0 Å². The smallest absolute Gasteiger partial charge is 0.258 e. The number of nitrogens with zero attached hydrogens (tertiary/aromatic N) is 4. The van der Waals surface area contributed by atoms with Gasteiger partial charge >= 0.3 is 0 Å². The van der Waals surface area contributed by atoms with Gasteiger partial charge in [0.25, 0.3) is 5.79 Å². The van der Waals surface area contributed by atoms with E-state index >= 15 is 0 Å². The fourth-order valence-electron chi connectivity index (χ4n) is 7.01. The van der Waals surface area contributed by atoms with Crippen LogP contribution in [-0.2, 0) is 11.3 Å². The van der Waals surface area contributed by atoms with Gasteiger partial charge in [-0.25, -0.2) is 15.0 Å². The fourth-order valence-corrected chi connectivity index (χ4v) is 7.49. The Morgan fingerprint density at radius 2 is 1.04 bits per heavy atom. The van der Waals surface area contributed by atoms with Crippen LogP contribution in [0, 0.1) is 0 Å². The van der Waals surface area contributed by atoms with Gasteiger partial charge < -0.3 is 0 Å². The van der Waals surface area contributed by atoms with Crippen LogP contribution in [0.1, 0.15) is 39.4 Å². The standard InChI is InChI=1S/C42H30Cl2N4/c43-36-27-15-13-25-34(36)40-47-41(32-21-9-3-10-22-32,33-23-11-4-12-24-33)39(31-19-7-2-8-20-31)48(40)42(35-26-14-16-28-37(35)44)45-29-38(46-42)30-17-5-1-6-18-30/h1-29,39H. The molecular weight excluding hydrogens is 631 g/mol. The predicted molar refractivity (Wildman–Crippen MR) is 197 cm³/mol. The summed E-state index contributed by atoms with van der Waals surface area (Å²) < 4.78 is 0. The Hall–Kier alpha value is -5.29. The van der Waals surface area contributed by atoms with Crippen molar-refractivity contribution in [2.45, 2.75) is 17.4 Å². The predicted octanol–water partition coefficient (Wildman–Crippen LogP) is 10.1. The van der Waals surface area contributed by atoms with Gasteiger partial charge in [-0.05, 0) is 34.9 Å². The van der Waals surface area contributed by atoms with Crippen LogP contribution in [0.15, 0.2) is 185 Å². The summed E-state index contributed by atoms with van der Waals surface area (Å²) in [4.78, 5) is 19.0. The van der Waals surface area contributed by atoms with Gasteiger partial charge in [0.1, 0.15) is 11.4 Å². The SMILES string of the molecule is Clc1ccccc1C1=NC(c2ccccc2)(c2ccccc2)C(c2ccccc2)N1C1(c2ccccc2Cl)N=CC(c2ccccc2)=N1. The molecule has 0 radical (unpaired) electrons. The van der Waals surface area contributed by atoms with Gasteiger partial charge in [0.2, 0.25) is 0 Å². The summed E-state index contributed by atoms with van der Waals surface area (Å²) in [6, 6.07) is 56.8. The molecule has 6 aromatic carbocycles. The van der Waals surface area contributed by atoms with E-state index in [1.54, 1.807) is 0 Å². The van der Waals surface area contributed by atoms with Crippen LogP contribution in [0.3, 0.4) is 0 Å². The highest BCUT2D eigenvalue weighted by molar-refractivity contribution is 6.40. The molecule has 4 nitrogen and oxygen atoms in total. The highest BCUT2D eigenvalue weighted by atomic mass is 35.5. The molecule has 0 aliphatic carbocycles. The molecule has 8 rings (SSSR count). The van der Waals surface area contributed by atoms with Crippen LogP contribution in [0.5, 0.6) is 0 Å². The molecule has 0 N–H and O–H groups in total. The molecule has 2 aliphatic rings. The second-order valence-corrected chi connectivity index (χ2v) is 12.6. The van der Waals surface area contributed by atoms with Crippen molar-refractivity contribution in [3.63, 3.8) is 0 Å². The highest BCUT2D eigenvalue weighted by Gasteiger charge is 2.60. The number of amidine groups is 1. The van der Waals surface area contributed by atoms with Crippen molar-refractivity contribution >= 4 is 41.0 Å². The molecule has 2 heterocycles. The molecule has 0 aromatic heterocycles. The third-order valence-corrected chi connectivity index (χ3v) is 9.77. The average Bonchev–Trinajstić information content (AvgIpc) is 3.76. The first-order chi connectivity index (χ1) is 23.6. The summed E-state index contributed by atoms with van der Waals surface area (Å²) in [6.07, 6.45) is 1.86. The molecule has 0 spiro atoms. The molecule has 6 aromatic rings. The van der Waals surface area contributed by atoms with Crippen LogP contribution in [-0.4, -0.2) is 22.7 Å². The van der Waals surface area contributed by atoms with Crippen LogP contribution in [0.4, 0.5) is 0 Å². The molecule has 48 heavy (non-hydrogen) atoms. The minimum absolute atomic E-state index is 0.443. The lowest BCUT2D eigenvalue weighted by Gasteiger charge is -2.45. The minimum Gasteiger partial charge on any atom is -0.299 e. The molecule has 0 fully saturated rings. The molecule has 0 saturated heterocycles. The third-order valence-electron chi connectivity index (χ3n) is 9.11. The van der Waals surface area contributed by atoms with Crippen LogP contribution >= 0.6 is 23.2 Å². The molecule has 232 valence electrons. The Kier molecular flexibility index (Phi) is 7.76. The first kappa shape index (κ1) is 30.1. The van der Waals surface area contributed by atoms with Gasteiger partial charge in [-0.3, -0.25) is 4.90 Å². The van der Waals surface area contributed by atoms with Gasteiger partial charge in [0, 0.05) is 16.7 Å². The Morgan fingerprint density at radius 3 is 1.65 bits per heavy atom. The van der Waals surface area contributed by atoms with Crippen molar-refractivity contribution in [2.24, 2.45) is 15.0 Å². The summed E-state index contributed by atoms with van der Waals surface area (Å²) in [5.74, 6) is -0.676. The maximum absolute atomic E-state index is 7.15. The van der Waals surface area contributed by atoms with E-state index in [1.807, 2.05) is 103 Å². The van der Waals surface area contributed by atoms with E-state index in [1.165, 1.54) is 0 Å². The van der Waals surface area contributed by atoms with E-state index < -0.39 is 17.4 Å². The van der Waals surface area contributed by atoms with E-state index in [-0.39, 0.29) is 0 Å². The van der Waals surface area contributed by atoms with Crippen molar-refractivity contribution in [1.82, 2.24) is 4.90 Å². The van der Waals surface area contributed by atoms with Crippen molar-refractivity contribution in [3.05, 3.63) is 213 Å². The summed E-state index contributed by atoms with van der Waals surface area (Å²) in [6.45, 7) is 0. The molecular formula is C42H30Cl2N4. The van der Waals surface area contributed by atoms with Gasteiger partial charge in [0.05, 0.1) is 28.0 Å². The number of aliphatic imine (C=N–C) groups is 3. The zero-order valence-corrected chi connectivity index (χ0v) is 27.4. The second kappa shape index (κ2) is 12.4. The number of benzene rings is 6. The quantitative estimate of drug-likeness (QED) is 0.168. The summed E-state index contributed by atoms with van der Waals surface area (Å²) in [7, 11) is 0. The van der Waals surface area contributed by atoms with Crippen LogP contribution < -0.4 is 0 Å². The molecule has 2 atom stereocenters. The Bertz CT molecular complexity index is 2130. The second-order valence-electron chi connectivity index (χ2n) is 11.8. The average molecular weight is 662 g/mol. The van der Waals surface area contributed by atoms with Crippen molar-refractivity contribution in [3.8, 4) is 0 Å². The maximum Gasteiger partial charge on any atom is 0.258 e. The van der Waals surface area contributed by atoms with Gasteiger partial charge in [-0.1, -0.05) is 175 Å². The molecule has 0 amide bonds. The molecule has 2 unspecified atom stereocenters. The molecule has 0 saturated carbocycles. The first-order valence-corrected chi connectivity index (χ1v) is 16.6. The number of rotatable bonds is 7. The first-order valence-electron chi connectivity index (χ1n) is 15.9. The van der Waals surface area contributed by atoms with E-state index in [9.17, 15) is 0 Å². The lowest BCUT2D eigenvalue weighted by Crippen LogP contribution is -2.50. The zero-order valence-electron chi connectivity index (χ0n) is 25.9. The normalized spacial score (nSPS) is 19.6. The van der Waals surface area contributed by atoms with Crippen molar-refractivity contribution in [1.29, 1.82) is 0 Å². The largest absolute Gasteiger partial charge is 0.299 e. The maximum atomic E-state index is 7.15. The van der Waals surface area contributed by atoms with Crippen LogP contribution in [0.2, 0.25) is 10.0 Å². The fraction of sp³-hybridized carbons (Fsp3) is 0.0714. The summed E-state index contributed by atoms with van der Waals surface area (Å²) in [5, 5.41) is 1.13. The van der Waals surface area contributed by atoms with E-state index in [0.29, 0.717) is 15.9 Å². The Morgan fingerprint density at radius 1 is 0.521 bits per heavy atom.